The molecule has 3 heteroatoms. The zero-order chi connectivity index (χ0) is 16.5. The van der Waals surface area contributed by atoms with Crippen molar-refractivity contribution < 1.29 is 14.3 Å². The van der Waals surface area contributed by atoms with E-state index in [0.717, 1.165) is 24.2 Å². The van der Waals surface area contributed by atoms with E-state index >= 15 is 0 Å². The summed E-state index contributed by atoms with van der Waals surface area (Å²) in [6, 6.07) is 17.2. The summed E-state index contributed by atoms with van der Waals surface area (Å²) < 4.78 is 11.0. The molecule has 0 radical (unpaired) electrons. The Morgan fingerprint density at radius 3 is 2.30 bits per heavy atom. The summed E-state index contributed by atoms with van der Waals surface area (Å²) in [6.07, 6.45) is 2.41. The molecule has 0 N–H and O–H groups in total. The van der Waals surface area contributed by atoms with Crippen molar-refractivity contribution in [3.05, 3.63) is 60.2 Å². The average molecular weight is 312 g/mol. The lowest BCUT2D eigenvalue weighted by atomic mass is 10.0. The first kappa shape index (κ1) is 17.1. The van der Waals surface area contributed by atoms with Crippen LogP contribution in [-0.2, 0) is 11.4 Å². The molecule has 2 rings (SSSR count). The van der Waals surface area contributed by atoms with Crippen LogP contribution >= 0.6 is 0 Å². The fourth-order valence-electron chi connectivity index (χ4n) is 2.10. The molecule has 0 amide bonds. The smallest absolute Gasteiger partial charge is 0.311 e. The van der Waals surface area contributed by atoms with Crippen molar-refractivity contribution in [3.63, 3.8) is 0 Å². The molecule has 2 aromatic rings. The monoisotopic (exact) mass is 312 g/mol. The predicted octanol–water partition coefficient (Wildman–Crippen LogP) is 5.00. The molecule has 0 aliphatic carbocycles. The van der Waals surface area contributed by atoms with E-state index in [2.05, 4.69) is 13.8 Å². The van der Waals surface area contributed by atoms with E-state index in [1.165, 1.54) is 0 Å². The maximum absolute atomic E-state index is 11.8. The van der Waals surface area contributed by atoms with Crippen molar-refractivity contribution in [1.82, 2.24) is 0 Å². The maximum Gasteiger partial charge on any atom is 0.311 e. The number of carbonyl (C=O) groups is 1. The maximum atomic E-state index is 11.8. The largest absolute Gasteiger partial charge is 0.489 e. The van der Waals surface area contributed by atoms with Crippen LogP contribution in [0, 0.1) is 5.92 Å². The van der Waals surface area contributed by atoms with Gasteiger partial charge in [0.15, 0.2) is 0 Å². The summed E-state index contributed by atoms with van der Waals surface area (Å²) >= 11 is 0. The summed E-state index contributed by atoms with van der Waals surface area (Å²) in [5.74, 6) is 1.69. The molecule has 0 spiro atoms. The van der Waals surface area contributed by atoms with Crippen molar-refractivity contribution in [2.75, 3.05) is 0 Å². The lowest BCUT2D eigenvalue weighted by Crippen LogP contribution is -2.09. The third-order valence-corrected chi connectivity index (χ3v) is 3.84. The molecule has 0 heterocycles. The van der Waals surface area contributed by atoms with Gasteiger partial charge in [-0.2, -0.15) is 0 Å². The van der Waals surface area contributed by atoms with Gasteiger partial charge in [-0.15, -0.1) is 0 Å². The Labute approximate surface area is 138 Å². The minimum atomic E-state index is -0.178. The van der Waals surface area contributed by atoms with Crippen LogP contribution in [0.15, 0.2) is 54.6 Å². The first-order valence-electron chi connectivity index (χ1n) is 8.15. The van der Waals surface area contributed by atoms with E-state index in [1.807, 2.05) is 42.5 Å². The standard InChI is InChI=1S/C20H24O3/c1-3-16(2)9-14-20(21)23-19-12-10-18(11-13-19)22-15-17-7-5-4-6-8-17/h4-8,10-13,16H,3,9,14-15H2,1-2H3/t16-/m0/s1. The first-order chi connectivity index (χ1) is 11.2. The second-order valence-electron chi connectivity index (χ2n) is 5.77. The zero-order valence-corrected chi connectivity index (χ0v) is 13.8. The van der Waals surface area contributed by atoms with Crippen LogP contribution in [-0.4, -0.2) is 5.97 Å². The molecule has 0 saturated heterocycles. The molecule has 0 fully saturated rings. The van der Waals surface area contributed by atoms with Gasteiger partial charge in [0.05, 0.1) is 0 Å². The number of ether oxygens (including phenoxy) is 2. The molecule has 0 aliphatic heterocycles. The topological polar surface area (TPSA) is 35.5 Å². The normalized spacial score (nSPS) is 11.7. The molecular weight excluding hydrogens is 288 g/mol. The summed E-state index contributed by atoms with van der Waals surface area (Å²) in [5.41, 5.74) is 1.12. The van der Waals surface area contributed by atoms with E-state index in [1.54, 1.807) is 12.1 Å². The minimum absolute atomic E-state index is 0.178. The van der Waals surface area contributed by atoms with Gasteiger partial charge in [0.1, 0.15) is 18.1 Å². The number of rotatable bonds is 8. The molecule has 1 atom stereocenters. The summed E-state index contributed by atoms with van der Waals surface area (Å²) in [4.78, 5) is 11.8. The van der Waals surface area contributed by atoms with Crippen molar-refractivity contribution >= 4 is 5.97 Å². The molecule has 0 bridgehead atoms. The van der Waals surface area contributed by atoms with Gasteiger partial charge < -0.3 is 9.47 Å². The van der Waals surface area contributed by atoms with E-state index in [-0.39, 0.29) is 5.97 Å². The molecule has 23 heavy (non-hydrogen) atoms. The fourth-order valence-corrected chi connectivity index (χ4v) is 2.10. The molecule has 0 aromatic heterocycles. The van der Waals surface area contributed by atoms with Gasteiger partial charge in [0.25, 0.3) is 0 Å². The van der Waals surface area contributed by atoms with Crippen LogP contribution < -0.4 is 9.47 Å². The number of hydrogen-bond donors (Lipinski definition) is 0. The van der Waals surface area contributed by atoms with Gasteiger partial charge in [-0.25, -0.2) is 0 Å². The van der Waals surface area contributed by atoms with Crippen LogP contribution in [0.2, 0.25) is 0 Å². The predicted molar refractivity (Wildman–Crippen MR) is 91.5 cm³/mol. The summed E-state index contributed by atoms with van der Waals surface area (Å²) in [7, 11) is 0. The third-order valence-electron chi connectivity index (χ3n) is 3.84. The SMILES string of the molecule is CC[C@H](C)CCC(=O)Oc1ccc(OCc2ccccc2)cc1. The Kier molecular flexibility index (Phi) is 6.67. The van der Waals surface area contributed by atoms with Gasteiger partial charge >= 0.3 is 5.97 Å². The Morgan fingerprint density at radius 1 is 1.00 bits per heavy atom. The number of carbonyl (C=O) groups excluding carboxylic acids is 1. The first-order valence-corrected chi connectivity index (χ1v) is 8.15. The Hall–Kier alpha value is -2.29. The highest BCUT2D eigenvalue weighted by Crippen LogP contribution is 2.20. The molecule has 2 aromatic carbocycles. The second-order valence-corrected chi connectivity index (χ2v) is 5.77. The zero-order valence-electron chi connectivity index (χ0n) is 13.8. The Balaban J connectivity index is 1.79. The van der Waals surface area contributed by atoms with Crippen molar-refractivity contribution in [1.29, 1.82) is 0 Å². The Bertz CT molecular complexity index is 590. The van der Waals surface area contributed by atoms with Crippen molar-refractivity contribution in [2.45, 2.75) is 39.7 Å². The molecule has 0 aliphatic rings. The van der Waals surface area contributed by atoms with Crippen molar-refractivity contribution in [2.24, 2.45) is 5.92 Å². The van der Waals surface area contributed by atoms with Gasteiger partial charge in [-0.1, -0.05) is 50.6 Å². The molecular formula is C20H24O3. The molecule has 0 saturated carbocycles. The van der Waals surface area contributed by atoms with Crippen LogP contribution in [0.3, 0.4) is 0 Å². The third kappa shape index (κ3) is 6.15. The Morgan fingerprint density at radius 2 is 1.65 bits per heavy atom. The van der Waals surface area contributed by atoms with E-state index in [0.29, 0.717) is 24.7 Å². The highest BCUT2D eigenvalue weighted by atomic mass is 16.5. The lowest BCUT2D eigenvalue weighted by Gasteiger charge is -2.09. The van der Waals surface area contributed by atoms with E-state index < -0.39 is 0 Å². The number of hydrogen-bond acceptors (Lipinski definition) is 3. The quantitative estimate of drug-likeness (QED) is 0.508. The van der Waals surface area contributed by atoms with Crippen molar-refractivity contribution in [3.8, 4) is 11.5 Å². The highest BCUT2D eigenvalue weighted by molar-refractivity contribution is 5.72. The summed E-state index contributed by atoms with van der Waals surface area (Å²) in [5, 5.41) is 0. The average Bonchev–Trinajstić information content (AvgIpc) is 2.60. The highest BCUT2D eigenvalue weighted by Gasteiger charge is 2.08. The van der Waals surface area contributed by atoms with Crippen LogP contribution in [0.1, 0.15) is 38.7 Å². The van der Waals surface area contributed by atoms with Crippen LogP contribution in [0.4, 0.5) is 0 Å². The van der Waals surface area contributed by atoms with E-state index in [9.17, 15) is 4.79 Å². The molecule has 0 unspecified atom stereocenters. The lowest BCUT2D eigenvalue weighted by molar-refractivity contribution is -0.134. The van der Waals surface area contributed by atoms with Gasteiger partial charge in [-0.3, -0.25) is 4.79 Å². The van der Waals surface area contributed by atoms with Gasteiger partial charge in [0.2, 0.25) is 0 Å². The van der Waals surface area contributed by atoms with Gasteiger partial charge in [-0.05, 0) is 42.2 Å². The fraction of sp³-hybridized carbons (Fsp3) is 0.350. The summed E-state index contributed by atoms with van der Waals surface area (Å²) in [6.45, 7) is 4.80. The second kappa shape index (κ2) is 8.99. The molecule has 3 nitrogen and oxygen atoms in total. The minimum Gasteiger partial charge on any atom is -0.489 e. The number of esters is 1. The van der Waals surface area contributed by atoms with E-state index in [4.69, 9.17) is 9.47 Å². The van der Waals surface area contributed by atoms with Crippen LogP contribution in [0.5, 0.6) is 11.5 Å². The molecule has 122 valence electrons. The van der Waals surface area contributed by atoms with Crippen LogP contribution in [0.25, 0.3) is 0 Å². The van der Waals surface area contributed by atoms with Gasteiger partial charge in [0, 0.05) is 6.42 Å². The number of benzene rings is 2.